The van der Waals surface area contributed by atoms with E-state index in [0.29, 0.717) is 15.7 Å². The minimum atomic E-state index is -0.821. The van der Waals surface area contributed by atoms with Crippen LogP contribution in [-0.2, 0) is 9.59 Å². The molecule has 1 aliphatic rings. The maximum atomic E-state index is 13.2. The number of rotatable bonds is 3. The molecule has 152 valence electrons. The van der Waals surface area contributed by atoms with Gasteiger partial charge in [-0.1, -0.05) is 84.1 Å². The van der Waals surface area contributed by atoms with Crippen LogP contribution in [0, 0.1) is 6.92 Å². The number of amides is 1. The van der Waals surface area contributed by atoms with Gasteiger partial charge in [0.15, 0.2) is 0 Å². The van der Waals surface area contributed by atoms with Crippen LogP contribution in [0.15, 0.2) is 78.4 Å². The molecule has 0 aliphatic carbocycles. The average Bonchev–Trinajstić information content (AvgIpc) is 3.34. The molecule has 0 radical (unpaired) electrons. The summed E-state index contributed by atoms with van der Waals surface area (Å²) in [6.07, 6.45) is 0. The molecule has 0 saturated carbocycles. The molecule has 7 heteroatoms. The van der Waals surface area contributed by atoms with Gasteiger partial charge in [-0.2, -0.15) is 0 Å². The van der Waals surface area contributed by atoms with Gasteiger partial charge in [0.1, 0.15) is 10.8 Å². The Morgan fingerprint density at radius 1 is 0.935 bits per heavy atom. The summed E-state index contributed by atoms with van der Waals surface area (Å²) in [6, 6.07) is 21.4. The zero-order valence-electron chi connectivity index (χ0n) is 16.5. The predicted octanol–water partition coefficient (Wildman–Crippen LogP) is 4.63. The number of aliphatic hydroxyl groups excluding tert-OH is 1. The second-order valence-electron chi connectivity index (χ2n) is 7.21. The Balaban J connectivity index is 1.81. The first-order valence-corrected chi connectivity index (χ1v) is 10.5. The molecular weight excluding hydrogens is 410 g/mol. The first kappa shape index (κ1) is 19.1. The number of hydrogen-bond acceptors (Lipinski definition) is 6. The van der Waals surface area contributed by atoms with Crippen LogP contribution in [0.3, 0.4) is 0 Å². The largest absolute Gasteiger partial charge is 0.507 e. The fourth-order valence-electron chi connectivity index (χ4n) is 3.95. The zero-order valence-corrected chi connectivity index (χ0v) is 17.3. The van der Waals surface area contributed by atoms with Crippen molar-refractivity contribution in [3.8, 4) is 0 Å². The number of anilines is 1. The summed E-state index contributed by atoms with van der Waals surface area (Å²) >= 11 is 1.23. The van der Waals surface area contributed by atoms with Gasteiger partial charge in [-0.3, -0.25) is 14.5 Å². The molecule has 4 aromatic rings. The number of carbonyl (C=O) groups is 2. The van der Waals surface area contributed by atoms with Gasteiger partial charge < -0.3 is 5.11 Å². The third-order valence-corrected chi connectivity index (χ3v) is 6.17. The van der Waals surface area contributed by atoms with E-state index in [1.807, 2.05) is 48.5 Å². The van der Waals surface area contributed by atoms with E-state index in [-0.39, 0.29) is 11.3 Å². The minimum Gasteiger partial charge on any atom is -0.507 e. The predicted molar refractivity (Wildman–Crippen MR) is 120 cm³/mol. The summed E-state index contributed by atoms with van der Waals surface area (Å²) in [4.78, 5) is 27.7. The lowest BCUT2D eigenvalue weighted by molar-refractivity contribution is -0.132. The van der Waals surface area contributed by atoms with Crippen LogP contribution < -0.4 is 4.90 Å². The Hall–Kier alpha value is -3.84. The Morgan fingerprint density at radius 3 is 2.39 bits per heavy atom. The van der Waals surface area contributed by atoms with Gasteiger partial charge in [0.2, 0.25) is 5.13 Å². The molecule has 1 aliphatic heterocycles. The van der Waals surface area contributed by atoms with E-state index in [1.54, 1.807) is 31.2 Å². The van der Waals surface area contributed by atoms with E-state index in [9.17, 15) is 14.7 Å². The van der Waals surface area contributed by atoms with E-state index in [2.05, 4.69) is 10.2 Å². The molecule has 5 rings (SSSR count). The van der Waals surface area contributed by atoms with Crippen LogP contribution in [0.25, 0.3) is 16.5 Å². The van der Waals surface area contributed by atoms with E-state index in [0.717, 1.165) is 16.3 Å². The molecule has 0 spiro atoms. The lowest BCUT2D eigenvalue weighted by Gasteiger charge is -2.24. The van der Waals surface area contributed by atoms with E-state index in [1.165, 1.54) is 16.2 Å². The molecule has 1 unspecified atom stereocenters. The summed E-state index contributed by atoms with van der Waals surface area (Å²) in [5, 5.41) is 22.1. The third kappa shape index (κ3) is 3.10. The maximum absolute atomic E-state index is 13.2. The van der Waals surface area contributed by atoms with Crippen molar-refractivity contribution < 1.29 is 14.7 Å². The normalized spacial score (nSPS) is 18.1. The van der Waals surface area contributed by atoms with Gasteiger partial charge in [-0.15, -0.1) is 10.2 Å². The van der Waals surface area contributed by atoms with Crippen LogP contribution in [-0.4, -0.2) is 27.0 Å². The number of Topliss-reactive ketones (excluding diaryl/α,β-unsaturated/α-hetero) is 1. The van der Waals surface area contributed by atoms with Gasteiger partial charge in [0, 0.05) is 5.56 Å². The number of aryl methyl sites for hydroxylation is 1. The minimum absolute atomic E-state index is 0.0420. The second kappa shape index (κ2) is 7.45. The van der Waals surface area contributed by atoms with Crippen LogP contribution in [0.2, 0.25) is 0 Å². The molecule has 3 aromatic carbocycles. The van der Waals surface area contributed by atoms with Crippen molar-refractivity contribution in [3.63, 3.8) is 0 Å². The van der Waals surface area contributed by atoms with Crippen LogP contribution in [0.5, 0.6) is 0 Å². The molecule has 6 nitrogen and oxygen atoms in total. The highest BCUT2D eigenvalue weighted by atomic mass is 32.1. The lowest BCUT2D eigenvalue weighted by atomic mass is 9.92. The smallest absolute Gasteiger partial charge is 0.301 e. The Kier molecular flexibility index (Phi) is 4.60. The SMILES string of the molecule is Cc1nnc(N2C(=O)C(=O)/C(=C(/O)c3ccccc3)C2c2cccc3ccccc23)s1. The van der Waals surface area contributed by atoms with Crippen molar-refractivity contribution in [3.05, 3.63) is 94.5 Å². The first-order chi connectivity index (χ1) is 15.1. The molecule has 2 heterocycles. The topological polar surface area (TPSA) is 83.4 Å². The van der Waals surface area contributed by atoms with Gasteiger partial charge >= 0.3 is 5.91 Å². The van der Waals surface area contributed by atoms with Crippen molar-refractivity contribution in [2.24, 2.45) is 0 Å². The molecule has 1 aromatic heterocycles. The van der Waals surface area contributed by atoms with Crippen molar-refractivity contribution in [1.82, 2.24) is 10.2 Å². The highest BCUT2D eigenvalue weighted by Gasteiger charge is 2.48. The number of ketones is 1. The number of nitrogens with zero attached hydrogens (tertiary/aromatic N) is 3. The zero-order chi connectivity index (χ0) is 21.5. The molecule has 31 heavy (non-hydrogen) atoms. The Labute approximate surface area is 182 Å². The molecule has 1 fully saturated rings. The van der Waals surface area contributed by atoms with Crippen LogP contribution in [0.1, 0.15) is 22.2 Å². The Bertz CT molecular complexity index is 1360. The van der Waals surface area contributed by atoms with Gasteiger partial charge in [-0.25, -0.2) is 0 Å². The standard InChI is InChI=1S/C24H17N3O3S/c1-14-25-26-24(31-14)27-20(18-13-7-11-15-8-5-6-12-17(15)18)19(22(29)23(27)30)21(28)16-9-3-2-4-10-16/h2-13,20,28H,1H3/b21-19+. The second-order valence-corrected chi connectivity index (χ2v) is 8.37. The van der Waals surface area contributed by atoms with Gasteiger partial charge in [-0.05, 0) is 23.3 Å². The van der Waals surface area contributed by atoms with Crippen LogP contribution >= 0.6 is 11.3 Å². The number of fused-ring (bicyclic) bond motifs is 1. The molecule has 1 N–H and O–H groups in total. The van der Waals surface area contributed by atoms with Crippen molar-refractivity contribution in [2.75, 3.05) is 4.90 Å². The highest BCUT2D eigenvalue weighted by Crippen LogP contribution is 2.44. The lowest BCUT2D eigenvalue weighted by Crippen LogP contribution is -2.29. The molecule has 1 amide bonds. The summed E-state index contributed by atoms with van der Waals surface area (Å²) in [6.45, 7) is 1.79. The van der Waals surface area contributed by atoms with Gasteiger partial charge in [0.05, 0.1) is 11.6 Å². The molecular formula is C24H17N3O3S. The summed E-state index contributed by atoms with van der Waals surface area (Å²) in [7, 11) is 0. The maximum Gasteiger partial charge on any atom is 0.301 e. The van der Waals surface area contributed by atoms with Gasteiger partial charge in [0.25, 0.3) is 5.78 Å². The monoisotopic (exact) mass is 427 g/mol. The number of hydrogen-bond donors (Lipinski definition) is 1. The highest BCUT2D eigenvalue weighted by molar-refractivity contribution is 7.15. The number of benzene rings is 3. The van der Waals surface area contributed by atoms with Crippen molar-refractivity contribution in [1.29, 1.82) is 0 Å². The summed E-state index contributed by atoms with van der Waals surface area (Å²) in [5.41, 5.74) is 1.25. The number of carbonyl (C=O) groups excluding carboxylic acids is 2. The average molecular weight is 427 g/mol. The fourth-order valence-corrected chi connectivity index (χ4v) is 4.66. The Morgan fingerprint density at radius 2 is 1.65 bits per heavy atom. The van der Waals surface area contributed by atoms with Crippen LogP contribution in [0.4, 0.5) is 5.13 Å². The quantitative estimate of drug-likeness (QED) is 0.293. The van der Waals surface area contributed by atoms with Crippen molar-refractivity contribution >= 4 is 44.7 Å². The van der Waals surface area contributed by atoms with E-state index < -0.39 is 17.7 Å². The van der Waals surface area contributed by atoms with E-state index in [4.69, 9.17) is 0 Å². The number of aliphatic hydroxyl groups is 1. The first-order valence-electron chi connectivity index (χ1n) is 9.70. The third-order valence-electron chi connectivity index (χ3n) is 5.33. The van der Waals surface area contributed by atoms with E-state index >= 15 is 0 Å². The summed E-state index contributed by atoms with van der Waals surface area (Å²) < 4.78 is 0. The molecule has 1 atom stereocenters. The fraction of sp³-hybridized carbons (Fsp3) is 0.0833. The molecule has 0 bridgehead atoms. The summed E-state index contributed by atoms with van der Waals surface area (Å²) in [5.74, 6) is -1.68. The van der Waals surface area contributed by atoms with Crippen molar-refractivity contribution in [2.45, 2.75) is 13.0 Å². The number of aromatic nitrogens is 2. The molecule has 1 saturated heterocycles.